The Morgan fingerprint density at radius 3 is 2.67 bits per heavy atom. The fraction of sp³-hybridized carbons (Fsp3) is 0.348. The number of likely N-dealkylation sites (tertiary alicyclic amines) is 1. The first-order chi connectivity index (χ1) is 14.6. The number of halogens is 2. The van der Waals surface area contributed by atoms with Gasteiger partial charge < -0.3 is 9.47 Å². The summed E-state index contributed by atoms with van der Waals surface area (Å²) in [5, 5.41) is 7.10. The zero-order valence-corrected chi connectivity index (χ0v) is 17.1. The average Bonchev–Trinajstić information content (AvgIpc) is 3.23. The Labute approximate surface area is 174 Å². The van der Waals surface area contributed by atoms with Crippen LogP contribution in [0.3, 0.4) is 0 Å². The van der Waals surface area contributed by atoms with Gasteiger partial charge in [0.1, 0.15) is 23.1 Å². The molecule has 2 heterocycles. The smallest absolute Gasteiger partial charge is 0.134 e. The van der Waals surface area contributed by atoms with Crippen molar-refractivity contribution in [1.82, 2.24) is 15.1 Å². The lowest BCUT2D eigenvalue weighted by atomic mass is 9.90. The van der Waals surface area contributed by atoms with Crippen LogP contribution < -0.4 is 9.47 Å². The zero-order chi connectivity index (χ0) is 21.1. The number of hydrogen-bond donors (Lipinski definition) is 1. The van der Waals surface area contributed by atoms with Crippen LogP contribution in [0.15, 0.2) is 42.6 Å². The van der Waals surface area contributed by atoms with Crippen LogP contribution in [-0.2, 0) is 6.54 Å². The highest BCUT2D eigenvalue weighted by Crippen LogP contribution is 2.36. The third kappa shape index (κ3) is 4.03. The molecular weight excluding hydrogens is 388 g/mol. The van der Waals surface area contributed by atoms with E-state index in [4.69, 9.17) is 9.47 Å². The van der Waals surface area contributed by atoms with Crippen LogP contribution >= 0.6 is 0 Å². The van der Waals surface area contributed by atoms with Crippen molar-refractivity contribution in [3.05, 3.63) is 65.5 Å². The quantitative estimate of drug-likeness (QED) is 0.634. The van der Waals surface area contributed by atoms with Gasteiger partial charge >= 0.3 is 0 Å². The van der Waals surface area contributed by atoms with Crippen LogP contribution in [0.4, 0.5) is 8.78 Å². The molecule has 30 heavy (non-hydrogen) atoms. The standard InChI is InChI=1S/C23H25F2N3O2/c1-29-17-9-8-15(21(11-17)30-2)13-28-10-4-5-16(14-28)23-18(12-26-27-23)22-19(24)6-3-7-20(22)25/h3,6-9,11-12,16H,4-5,10,13-14H2,1-2H3,(H,26,27). The molecule has 0 saturated carbocycles. The summed E-state index contributed by atoms with van der Waals surface area (Å²) in [6.45, 7) is 2.44. The fourth-order valence-electron chi connectivity index (χ4n) is 4.22. The fourth-order valence-corrected chi connectivity index (χ4v) is 4.22. The van der Waals surface area contributed by atoms with E-state index in [0.717, 1.165) is 55.2 Å². The predicted octanol–water partition coefficient (Wildman–Crippen LogP) is 4.75. The number of piperidine rings is 1. The van der Waals surface area contributed by atoms with Crippen LogP contribution in [0.5, 0.6) is 11.5 Å². The molecule has 0 radical (unpaired) electrons. The molecule has 1 aromatic heterocycles. The summed E-state index contributed by atoms with van der Waals surface area (Å²) < 4.78 is 39.5. The van der Waals surface area contributed by atoms with Crippen molar-refractivity contribution < 1.29 is 18.3 Å². The third-order valence-electron chi connectivity index (χ3n) is 5.70. The van der Waals surface area contributed by atoms with Crippen molar-refractivity contribution in [2.75, 3.05) is 27.3 Å². The molecule has 0 aliphatic carbocycles. The molecule has 158 valence electrons. The van der Waals surface area contributed by atoms with Gasteiger partial charge in [-0.05, 0) is 37.6 Å². The third-order valence-corrected chi connectivity index (χ3v) is 5.70. The summed E-state index contributed by atoms with van der Waals surface area (Å²) in [6.07, 6.45) is 3.44. The Morgan fingerprint density at radius 1 is 1.13 bits per heavy atom. The van der Waals surface area contributed by atoms with Gasteiger partial charge in [0.05, 0.1) is 26.0 Å². The Hall–Kier alpha value is -2.93. The summed E-state index contributed by atoms with van der Waals surface area (Å²) in [7, 11) is 3.28. The molecule has 5 nitrogen and oxygen atoms in total. The van der Waals surface area contributed by atoms with Crippen molar-refractivity contribution in [3.8, 4) is 22.6 Å². The summed E-state index contributed by atoms with van der Waals surface area (Å²) in [5.41, 5.74) is 2.34. The zero-order valence-electron chi connectivity index (χ0n) is 17.1. The molecule has 7 heteroatoms. The highest BCUT2D eigenvalue weighted by atomic mass is 19.1. The van der Waals surface area contributed by atoms with Crippen molar-refractivity contribution in [2.45, 2.75) is 25.3 Å². The van der Waals surface area contributed by atoms with Crippen LogP contribution in [0.1, 0.15) is 30.0 Å². The van der Waals surface area contributed by atoms with Crippen molar-refractivity contribution in [1.29, 1.82) is 0 Å². The molecule has 1 saturated heterocycles. The van der Waals surface area contributed by atoms with E-state index >= 15 is 0 Å². The van der Waals surface area contributed by atoms with Gasteiger partial charge in [0, 0.05) is 41.9 Å². The molecule has 1 fully saturated rings. The maximum Gasteiger partial charge on any atom is 0.134 e. The molecular formula is C23H25F2N3O2. The topological polar surface area (TPSA) is 50.4 Å². The van der Waals surface area contributed by atoms with Gasteiger partial charge in [0.2, 0.25) is 0 Å². The molecule has 1 atom stereocenters. The molecule has 3 aromatic rings. The largest absolute Gasteiger partial charge is 0.497 e. The molecule has 0 bridgehead atoms. The molecule has 1 aliphatic heterocycles. The van der Waals surface area contributed by atoms with E-state index < -0.39 is 11.6 Å². The maximum absolute atomic E-state index is 14.4. The van der Waals surface area contributed by atoms with E-state index in [1.54, 1.807) is 14.2 Å². The van der Waals surface area contributed by atoms with Crippen LogP contribution in [-0.4, -0.2) is 42.4 Å². The van der Waals surface area contributed by atoms with Crippen LogP contribution in [0.2, 0.25) is 0 Å². The number of hydrogen-bond acceptors (Lipinski definition) is 4. The van der Waals surface area contributed by atoms with Gasteiger partial charge in [-0.25, -0.2) is 8.78 Å². The van der Waals surface area contributed by atoms with Crippen LogP contribution in [0, 0.1) is 11.6 Å². The number of aromatic amines is 1. The second-order valence-corrected chi connectivity index (χ2v) is 7.55. The SMILES string of the molecule is COc1ccc(CN2CCCC(c3[nH]ncc3-c3c(F)cccc3F)C2)c(OC)c1. The number of nitrogens with one attached hydrogen (secondary N) is 1. The van der Waals surface area contributed by atoms with Gasteiger partial charge in [0.15, 0.2) is 0 Å². The number of methoxy groups -OCH3 is 2. The van der Waals surface area contributed by atoms with E-state index in [1.165, 1.54) is 24.4 Å². The molecule has 1 N–H and O–H groups in total. The number of nitrogens with zero attached hydrogens (tertiary/aromatic N) is 2. The van der Waals surface area contributed by atoms with E-state index in [-0.39, 0.29) is 11.5 Å². The lowest BCUT2D eigenvalue weighted by Gasteiger charge is -2.33. The highest BCUT2D eigenvalue weighted by molar-refractivity contribution is 5.67. The molecule has 2 aromatic carbocycles. The monoisotopic (exact) mass is 413 g/mol. The Balaban J connectivity index is 1.56. The van der Waals surface area contributed by atoms with Gasteiger partial charge in [-0.15, -0.1) is 0 Å². The van der Waals surface area contributed by atoms with E-state index in [1.807, 2.05) is 18.2 Å². The minimum atomic E-state index is -0.576. The first-order valence-electron chi connectivity index (χ1n) is 10.0. The van der Waals surface area contributed by atoms with E-state index in [2.05, 4.69) is 15.1 Å². The summed E-state index contributed by atoms with van der Waals surface area (Å²) >= 11 is 0. The Kier molecular flexibility index (Phi) is 5.99. The lowest BCUT2D eigenvalue weighted by molar-refractivity contribution is 0.196. The Bertz CT molecular complexity index is 1000. The van der Waals surface area contributed by atoms with Crippen molar-refractivity contribution in [2.24, 2.45) is 0 Å². The minimum Gasteiger partial charge on any atom is -0.497 e. The second-order valence-electron chi connectivity index (χ2n) is 7.55. The molecule has 4 rings (SSSR count). The first kappa shape index (κ1) is 20.3. The van der Waals surface area contributed by atoms with Gasteiger partial charge in [0.25, 0.3) is 0 Å². The number of H-pyrrole nitrogens is 1. The lowest BCUT2D eigenvalue weighted by Crippen LogP contribution is -2.34. The minimum absolute atomic E-state index is 0.0183. The molecule has 1 aliphatic rings. The number of benzene rings is 2. The normalized spacial score (nSPS) is 17.1. The van der Waals surface area contributed by atoms with Crippen molar-refractivity contribution in [3.63, 3.8) is 0 Å². The highest BCUT2D eigenvalue weighted by Gasteiger charge is 2.27. The molecule has 0 amide bonds. The van der Waals surface area contributed by atoms with Gasteiger partial charge in [-0.2, -0.15) is 5.10 Å². The second kappa shape index (κ2) is 8.83. The predicted molar refractivity (Wildman–Crippen MR) is 111 cm³/mol. The van der Waals surface area contributed by atoms with E-state index in [0.29, 0.717) is 5.56 Å². The average molecular weight is 413 g/mol. The maximum atomic E-state index is 14.4. The molecule has 0 spiro atoms. The van der Waals surface area contributed by atoms with E-state index in [9.17, 15) is 8.78 Å². The Morgan fingerprint density at radius 2 is 1.93 bits per heavy atom. The number of aromatic nitrogens is 2. The number of rotatable bonds is 6. The molecule has 1 unspecified atom stereocenters. The van der Waals surface area contributed by atoms with Gasteiger partial charge in [-0.1, -0.05) is 12.1 Å². The summed E-state index contributed by atoms with van der Waals surface area (Å²) in [6, 6.07) is 9.74. The summed E-state index contributed by atoms with van der Waals surface area (Å²) in [4.78, 5) is 2.33. The number of ether oxygens (including phenoxy) is 2. The van der Waals surface area contributed by atoms with Crippen LogP contribution in [0.25, 0.3) is 11.1 Å². The first-order valence-corrected chi connectivity index (χ1v) is 10.0. The summed E-state index contributed by atoms with van der Waals surface area (Å²) in [5.74, 6) is 0.495. The van der Waals surface area contributed by atoms with Crippen molar-refractivity contribution >= 4 is 0 Å². The van der Waals surface area contributed by atoms with Gasteiger partial charge in [-0.3, -0.25) is 10.00 Å².